The number of hydrogen-bond acceptors (Lipinski definition) is 2. The third kappa shape index (κ3) is 4.10. The van der Waals surface area contributed by atoms with Gasteiger partial charge in [-0.3, -0.25) is 0 Å². The van der Waals surface area contributed by atoms with Gasteiger partial charge >= 0.3 is 0 Å². The second-order valence-corrected chi connectivity index (χ2v) is 5.11. The predicted molar refractivity (Wildman–Crippen MR) is 57.7 cm³/mol. The third-order valence-electron chi connectivity index (χ3n) is 2.82. The number of hydrogen-bond donors (Lipinski definition) is 1. The lowest BCUT2D eigenvalue weighted by atomic mass is 9.85. The highest BCUT2D eigenvalue weighted by Crippen LogP contribution is 2.27. The molecule has 2 nitrogen and oxygen atoms in total. The summed E-state index contributed by atoms with van der Waals surface area (Å²) in [6.45, 7) is 9.87. The van der Waals surface area contributed by atoms with Gasteiger partial charge in [0.2, 0.25) is 0 Å². The van der Waals surface area contributed by atoms with Crippen LogP contribution >= 0.6 is 0 Å². The fraction of sp³-hybridized carbons (Fsp3) is 1.00. The summed E-state index contributed by atoms with van der Waals surface area (Å²) in [5, 5.41) is 0. The zero-order valence-electron chi connectivity index (χ0n) is 9.34. The number of nitrogens with two attached hydrogens (primary N) is 1. The Hall–Kier alpha value is -0.0800. The molecule has 0 aromatic rings. The van der Waals surface area contributed by atoms with Gasteiger partial charge in [-0.1, -0.05) is 13.3 Å². The van der Waals surface area contributed by atoms with Crippen LogP contribution in [0.2, 0.25) is 0 Å². The molecule has 1 saturated carbocycles. The molecule has 0 amide bonds. The predicted octanol–water partition coefficient (Wildman–Crippen LogP) is 1.85. The van der Waals surface area contributed by atoms with E-state index in [1.165, 1.54) is 25.8 Å². The van der Waals surface area contributed by atoms with Gasteiger partial charge in [0.05, 0.1) is 0 Å². The van der Waals surface area contributed by atoms with E-state index in [0.717, 1.165) is 19.0 Å². The minimum absolute atomic E-state index is 0.0419. The number of rotatable bonds is 5. The topological polar surface area (TPSA) is 29.3 Å². The van der Waals surface area contributed by atoms with Gasteiger partial charge in [0.1, 0.15) is 0 Å². The Kier molecular flexibility index (Phi) is 3.74. The Bertz CT molecular complexity index is 145. The van der Waals surface area contributed by atoms with Crippen LogP contribution in [0.4, 0.5) is 0 Å². The van der Waals surface area contributed by atoms with Gasteiger partial charge in [0, 0.05) is 18.6 Å². The molecular formula is C11H24N2. The van der Waals surface area contributed by atoms with E-state index in [0.29, 0.717) is 0 Å². The highest BCUT2D eigenvalue weighted by Gasteiger charge is 2.22. The lowest BCUT2D eigenvalue weighted by molar-refractivity contribution is 0.161. The maximum atomic E-state index is 6.01. The van der Waals surface area contributed by atoms with Crippen molar-refractivity contribution in [2.24, 2.45) is 11.7 Å². The summed E-state index contributed by atoms with van der Waals surface area (Å²) >= 11 is 0. The molecule has 1 aliphatic carbocycles. The van der Waals surface area contributed by atoms with Crippen molar-refractivity contribution in [3.05, 3.63) is 0 Å². The maximum absolute atomic E-state index is 6.01. The summed E-state index contributed by atoms with van der Waals surface area (Å²) in [5.74, 6) is 0.960. The Morgan fingerprint density at radius 1 is 1.38 bits per heavy atom. The van der Waals surface area contributed by atoms with Crippen LogP contribution in [0, 0.1) is 5.92 Å². The molecule has 78 valence electrons. The van der Waals surface area contributed by atoms with Crippen molar-refractivity contribution in [1.29, 1.82) is 0 Å². The summed E-state index contributed by atoms with van der Waals surface area (Å²) in [6.07, 6.45) is 4.30. The van der Waals surface area contributed by atoms with Gasteiger partial charge in [0.15, 0.2) is 0 Å². The Morgan fingerprint density at radius 2 is 2.00 bits per heavy atom. The fourth-order valence-electron chi connectivity index (χ4n) is 1.92. The average molecular weight is 184 g/mol. The summed E-state index contributed by atoms with van der Waals surface area (Å²) in [7, 11) is 0. The van der Waals surface area contributed by atoms with E-state index in [4.69, 9.17) is 5.73 Å². The first-order valence-corrected chi connectivity index (χ1v) is 5.52. The molecule has 0 radical (unpaired) electrons. The van der Waals surface area contributed by atoms with Gasteiger partial charge in [-0.15, -0.1) is 0 Å². The van der Waals surface area contributed by atoms with Crippen molar-refractivity contribution in [3.63, 3.8) is 0 Å². The fourth-order valence-corrected chi connectivity index (χ4v) is 1.92. The Balaban J connectivity index is 2.25. The van der Waals surface area contributed by atoms with Gasteiger partial charge < -0.3 is 10.6 Å². The first kappa shape index (κ1) is 11.0. The first-order chi connectivity index (χ1) is 6.01. The molecule has 0 saturated heterocycles. The van der Waals surface area contributed by atoms with Crippen LogP contribution in [-0.2, 0) is 0 Å². The number of nitrogens with zero attached hydrogens (tertiary/aromatic N) is 1. The Morgan fingerprint density at radius 3 is 2.31 bits per heavy atom. The second kappa shape index (κ2) is 4.43. The van der Waals surface area contributed by atoms with Crippen LogP contribution in [0.1, 0.15) is 40.0 Å². The van der Waals surface area contributed by atoms with Crippen LogP contribution in [-0.4, -0.2) is 30.1 Å². The summed E-state index contributed by atoms with van der Waals surface area (Å²) in [5.41, 5.74) is 5.96. The molecular weight excluding hydrogens is 160 g/mol. The molecule has 0 bridgehead atoms. The zero-order chi connectivity index (χ0) is 9.90. The minimum Gasteiger partial charge on any atom is -0.324 e. The first-order valence-electron chi connectivity index (χ1n) is 5.52. The molecule has 0 unspecified atom stereocenters. The summed E-state index contributed by atoms with van der Waals surface area (Å²) in [6, 6.07) is 0. The van der Waals surface area contributed by atoms with Crippen molar-refractivity contribution in [3.8, 4) is 0 Å². The van der Waals surface area contributed by atoms with Crippen molar-refractivity contribution in [1.82, 2.24) is 4.90 Å². The SMILES string of the molecule is CCN(CC1CCC1)CC(C)(C)N. The smallest absolute Gasteiger partial charge is 0.0226 e. The molecule has 0 aromatic heterocycles. The van der Waals surface area contributed by atoms with Gasteiger partial charge in [-0.25, -0.2) is 0 Å². The normalized spacial score (nSPS) is 19.2. The van der Waals surface area contributed by atoms with Gasteiger partial charge in [-0.05, 0) is 39.2 Å². The largest absolute Gasteiger partial charge is 0.324 e. The van der Waals surface area contributed by atoms with Crippen molar-refractivity contribution in [2.45, 2.75) is 45.6 Å². The average Bonchev–Trinajstić information content (AvgIpc) is 1.91. The molecule has 13 heavy (non-hydrogen) atoms. The molecule has 2 N–H and O–H groups in total. The standard InChI is InChI=1S/C11H24N2/c1-4-13(9-11(2,3)12)8-10-6-5-7-10/h10H,4-9,12H2,1-3H3. The molecule has 0 heterocycles. The maximum Gasteiger partial charge on any atom is 0.0226 e. The lowest BCUT2D eigenvalue weighted by Gasteiger charge is -2.35. The third-order valence-corrected chi connectivity index (χ3v) is 2.82. The highest BCUT2D eigenvalue weighted by atomic mass is 15.1. The lowest BCUT2D eigenvalue weighted by Crippen LogP contribution is -2.47. The number of likely N-dealkylation sites (N-methyl/N-ethyl adjacent to an activating group) is 1. The van der Waals surface area contributed by atoms with Gasteiger partial charge in [-0.2, -0.15) is 0 Å². The monoisotopic (exact) mass is 184 g/mol. The summed E-state index contributed by atoms with van der Waals surface area (Å²) < 4.78 is 0. The van der Waals surface area contributed by atoms with E-state index in [9.17, 15) is 0 Å². The molecule has 0 spiro atoms. The molecule has 2 heteroatoms. The molecule has 0 aromatic carbocycles. The van der Waals surface area contributed by atoms with Crippen molar-refractivity contribution < 1.29 is 0 Å². The van der Waals surface area contributed by atoms with Crippen LogP contribution in [0.5, 0.6) is 0 Å². The minimum atomic E-state index is -0.0419. The van der Waals surface area contributed by atoms with E-state index in [2.05, 4.69) is 25.7 Å². The van der Waals surface area contributed by atoms with E-state index in [1.807, 2.05) is 0 Å². The van der Waals surface area contributed by atoms with E-state index in [-0.39, 0.29) is 5.54 Å². The second-order valence-electron chi connectivity index (χ2n) is 5.11. The van der Waals surface area contributed by atoms with Gasteiger partial charge in [0.25, 0.3) is 0 Å². The molecule has 0 atom stereocenters. The molecule has 1 fully saturated rings. The van der Waals surface area contributed by atoms with E-state index >= 15 is 0 Å². The molecule has 0 aliphatic heterocycles. The van der Waals surface area contributed by atoms with Crippen molar-refractivity contribution >= 4 is 0 Å². The Labute approximate surface area is 82.5 Å². The van der Waals surface area contributed by atoms with Crippen LogP contribution in [0.3, 0.4) is 0 Å². The molecule has 1 rings (SSSR count). The van der Waals surface area contributed by atoms with Crippen LogP contribution in [0.15, 0.2) is 0 Å². The van der Waals surface area contributed by atoms with Crippen LogP contribution in [0.25, 0.3) is 0 Å². The molecule has 1 aliphatic rings. The van der Waals surface area contributed by atoms with E-state index < -0.39 is 0 Å². The van der Waals surface area contributed by atoms with E-state index in [1.54, 1.807) is 0 Å². The highest BCUT2D eigenvalue weighted by molar-refractivity contribution is 4.80. The van der Waals surface area contributed by atoms with Crippen LogP contribution < -0.4 is 5.73 Å². The van der Waals surface area contributed by atoms with Crippen molar-refractivity contribution in [2.75, 3.05) is 19.6 Å². The quantitative estimate of drug-likeness (QED) is 0.706. The zero-order valence-corrected chi connectivity index (χ0v) is 9.34. The summed E-state index contributed by atoms with van der Waals surface area (Å²) in [4.78, 5) is 2.49.